The van der Waals surface area contributed by atoms with Crippen molar-refractivity contribution in [3.05, 3.63) is 182 Å². The second kappa shape index (κ2) is 11.1. The SMILES string of the molecule is [2H]c1c([2H])c([2H])c(-c2c([2H])c([2H])c3oc4c([2H])c([2H])c([2H])c(-c5c6ccccc6c(-c6cc(-c7c([2H])c([2H])c([2H])c([2H])c7[2H])c7ccccc7c6)c6ccccc56)c4c3c2[2H])c([2H])c1[2H]. The van der Waals surface area contributed by atoms with Crippen molar-refractivity contribution in [2.45, 2.75) is 0 Å². The molecule has 1 heterocycles. The Morgan fingerprint density at radius 1 is 0.388 bits per heavy atom. The summed E-state index contributed by atoms with van der Waals surface area (Å²) < 4.78 is 147. The van der Waals surface area contributed by atoms with Crippen LogP contribution < -0.4 is 0 Å². The lowest BCUT2D eigenvalue weighted by Crippen LogP contribution is -1.92. The van der Waals surface area contributed by atoms with Crippen LogP contribution in [0.15, 0.2) is 186 Å². The number of hydrogen-bond acceptors (Lipinski definition) is 1. The highest BCUT2D eigenvalue weighted by Crippen LogP contribution is 2.48. The lowest BCUT2D eigenvalue weighted by Gasteiger charge is -2.19. The highest BCUT2D eigenvalue weighted by molar-refractivity contribution is 6.26. The van der Waals surface area contributed by atoms with Gasteiger partial charge in [-0.1, -0.05) is 151 Å². The van der Waals surface area contributed by atoms with E-state index in [9.17, 15) is 2.74 Å². The summed E-state index contributed by atoms with van der Waals surface area (Å²) in [6.45, 7) is 0. The zero-order valence-electron chi connectivity index (χ0n) is 41.5. The smallest absolute Gasteiger partial charge is 0.136 e. The first kappa shape index (κ1) is 16.1. The van der Waals surface area contributed by atoms with Crippen LogP contribution in [0.2, 0.25) is 0 Å². The van der Waals surface area contributed by atoms with Crippen molar-refractivity contribution < 1.29 is 26.3 Å². The van der Waals surface area contributed by atoms with Crippen LogP contribution in [0.5, 0.6) is 0 Å². The van der Waals surface area contributed by atoms with Crippen molar-refractivity contribution in [3.63, 3.8) is 0 Å². The summed E-state index contributed by atoms with van der Waals surface area (Å²) in [6, 6.07) is 16.9. The van der Waals surface area contributed by atoms with Crippen LogP contribution in [0.4, 0.5) is 0 Å². The molecule has 0 saturated carbocycles. The van der Waals surface area contributed by atoms with E-state index in [1.54, 1.807) is 18.2 Å². The van der Waals surface area contributed by atoms with E-state index in [1.807, 2.05) is 66.7 Å². The maximum atomic E-state index is 9.62. The molecule has 0 fully saturated rings. The summed E-state index contributed by atoms with van der Waals surface area (Å²) >= 11 is 0. The first-order valence-electron chi connectivity index (χ1n) is 23.5. The molecule has 0 bridgehead atoms. The normalized spacial score (nSPS) is 16.2. The van der Waals surface area contributed by atoms with Crippen LogP contribution >= 0.6 is 0 Å². The van der Waals surface area contributed by atoms with Crippen molar-refractivity contribution in [2.75, 3.05) is 0 Å². The first-order chi connectivity index (χ1) is 31.0. The maximum absolute atomic E-state index is 9.62. The molecule has 0 atom stereocenters. The van der Waals surface area contributed by atoms with Gasteiger partial charge in [0.25, 0.3) is 0 Å². The summed E-state index contributed by atoms with van der Waals surface area (Å²) in [7, 11) is 0. The molecule has 0 saturated heterocycles. The monoisotopic (exact) mass is 638 g/mol. The summed E-state index contributed by atoms with van der Waals surface area (Å²) in [6.07, 6.45) is 0. The fourth-order valence-electron chi connectivity index (χ4n) is 6.90. The van der Waals surface area contributed by atoms with Gasteiger partial charge in [0.15, 0.2) is 0 Å². The maximum Gasteiger partial charge on any atom is 0.136 e. The largest absolute Gasteiger partial charge is 0.456 e. The predicted octanol–water partition coefficient (Wildman–Crippen LogP) is 13.7. The number of fused-ring (bicyclic) bond motifs is 6. The third kappa shape index (κ3) is 4.40. The molecule has 49 heavy (non-hydrogen) atoms. The van der Waals surface area contributed by atoms with Crippen molar-refractivity contribution in [2.24, 2.45) is 0 Å². The van der Waals surface area contributed by atoms with Crippen LogP contribution in [0, 0.1) is 0 Å². The van der Waals surface area contributed by atoms with E-state index < -0.39 is 95.7 Å². The number of furan rings is 1. The van der Waals surface area contributed by atoms with Crippen molar-refractivity contribution in [1.29, 1.82) is 0 Å². The minimum Gasteiger partial charge on any atom is -0.456 e. The van der Waals surface area contributed by atoms with E-state index in [2.05, 4.69) is 0 Å². The molecule has 0 aliphatic rings. The fourth-order valence-corrected chi connectivity index (χ4v) is 6.90. The molecule has 228 valence electrons. The molecule has 0 spiro atoms. The molecule has 9 aromatic carbocycles. The molecule has 10 aromatic rings. The van der Waals surface area contributed by atoms with Gasteiger partial charge in [-0.2, -0.15) is 0 Å². The second-order valence-electron chi connectivity index (χ2n) is 11.6. The zero-order chi connectivity index (χ0) is 46.2. The van der Waals surface area contributed by atoms with E-state index in [0.29, 0.717) is 49.2 Å². The van der Waals surface area contributed by atoms with E-state index in [4.69, 9.17) is 23.6 Å². The summed E-state index contributed by atoms with van der Waals surface area (Å²) in [5.74, 6) is 0. The van der Waals surface area contributed by atoms with Gasteiger partial charge in [-0.05, 0) is 107 Å². The summed E-state index contributed by atoms with van der Waals surface area (Å²) in [5.41, 5.74) is 0.785. The van der Waals surface area contributed by atoms with Crippen LogP contribution in [-0.4, -0.2) is 0 Å². The Hall–Kier alpha value is -6.44. The molecule has 1 nitrogen and oxygen atoms in total. The average Bonchev–Trinajstić information content (AvgIpc) is 3.71. The van der Waals surface area contributed by atoms with Crippen LogP contribution in [0.25, 0.3) is 98.8 Å². The van der Waals surface area contributed by atoms with Crippen molar-refractivity contribution >= 4 is 54.3 Å². The molecular weight excluding hydrogens is 593 g/mol. The standard InChI is InChI=1S/C48H30O/c1-3-14-31(15-4-1)33-26-27-44-43(29-33)48-41(24-13-25-45(48)49-44)47-39-22-11-9-20-37(39)46(38-21-10-12-23-40(38)47)35-28-34-18-7-8-19-36(34)42(30-35)32-16-5-2-6-17-32/h1-30H/i1D,2D,3D,4D,5D,6D,13D,14D,15D,16D,17D,24D,25D,26D,27D,29D. The Labute approximate surface area is 306 Å². The van der Waals surface area contributed by atoms with Gasteiger partial charge in [0.2, 0.25) is 0 Å². The van der Waals surface area contributed by atoms with Gasteiger partial charge < -0.3 is 4.42 Å². The molecule has 0 aliphatic carbocycles. The molecule has 0 aliphatic heterocycles. The molecule has 0 radical (unpaired) electrons. The lowest BCUT2D eigenvalue weighted by molar-refractivity contribution is 0.669. The molecule has 0 amide bonds. The highest BCUT2D eigenvalue weighted by atomic mass is 16.3. The Bertz CT molecular complexity index is 3680. The second-order valence-corrected chi connectivity index (χ2v) is 11.6. The molecule has 1 aromatic heterocycles. The number of rotatable bonds is 4. The molecule has 0 N–H and O–H groups in total. The Kier molecular flexibility index (Phi) is 3.64. The van der Waals surface area contributed by atoms with Gasteiger partial charge in [-0.15, -0.1) is 0 Å². The first-order valence-corrected chi connectivity index (χ1v) is 15.5. The summed E-state index contributed by atoms with van der Waals surface area (Å²) in [4.78, 5) is 0. The quantitative estimate of drug-likeness (QED) is 0.175. The minimum atomic E-state index is -0.699. The lowest BCUT2D eigenvalue weighted by atomic mass is 9.83. The zero-order valence-corrected chi connectivity index (χ0v) is 25.5. The third-order valence-electron chi connectivity index (χ3n) is 8.92. The average molecular weight is 639 g/mol. The fraction of sp³-hybridized carbons (Fsp3) is 0. The summed E-state index contributed by atoms with van der Waals surface area (Å²) in [5, 5.41) is 3.64. The van der Waals surface area contributed by atoms with Crippen LogP contribution in [-0.2, 0) is 0 Å². The van der Waals surface area contributed by atoms with Gasteiger partial charge in [0.05, 0.1) is 21.9 Å². The van der Waals surface area contributed by atoms with Gasteiger partial charge in [0.1, 0.15) is 11.2 Å². The highest BCUT2D eigenvalue weighted by Gasteiger charge is 2.21. The van der Waals surface area contributed by atoms with E-state index in [1.165, 1.54) is 0 Å². The molecule has 1 heteroatoms. The van der Waals surface area contributed by atoms with Crippen molar-refractivity contribution in [3.8, 4) is 44.5 Å². The van der Waals surface area contributed by atoms with Gasteiger partial charge in [-0.25, -0.2) is 0 Å². The van der Waals surface area contributed by atoms with Gasteiger partial charge in [0, 0.05) is 10.8 Å². The van der Waals surface area contributed by atoms with Crippen molar-refractivity contribution in [1.82, 2.24) is 0 Å². The topological polar surface area (TPSA) is 13.1 Å². The molecular formula is C48H30O. The van der Waals surface area contributed by atoms with E-state index >= 15 is 0 Å². The number of hydrogen-bond donors (Lipinski definition) is 0. The molecule has 0 unspecified atom stereocenters. The third-order valence-corrected chi connectivity index (χ3v) is 8.92. The molecule has 10 rings (SSSR count). The van der Waals surface area contributed by atoms with E-state index in [0.717, 1.165) is 5.39 Å². The van der Waals surface area contributed by atoms with Crippen LogP contribution in [0.3, 0.4) is 0 Å². The number of benzene rings is 9. The van der Waals surface area contributed by atoms with E-state index in [-0.39, 0.29) is 45.2 Å². The minimum absolute atomic E-state index is 0.00430. The Balaban J connectivity index is 1.37. The predicted molar refractivity (Wildman–Crippen MR) is 208 cm³/mol. The van der Waals surface area contributed by atoms with Gasteiger partial charge in [-0.3, -0.25) is 0 Å². The Morgan fingerprint density at radius 2 is 1.00 bits per heavy atom. The van der Waals surface area contributed by atoms with Gasteiger partial charge >= 0.3 is 0 Å². The van der Waals surface area contributed by atoms with Crippen LogP contribution in [0.1, 0.15) is 21.9 Å². The Morgan fingerprint density at radius 3 is 1.69 bits per heavy atom.